The van der Waals surface area contributed by atoms with Crippen LogP contribution in [0.3, 0.4) is 0 Å². The van der Waals surface area contributed by atoms with Crippen LogP contribution in [0.1, 0.15) is 26.3 Å². The number of rotatable bonds is 6. The van der Waals surface area contributed by atoms with E-state index in [9.17, 15) is 18.0 Å². The molecule has 2 aromatic rings. The molecule has 0 aromatic heterocycles. The second-order valence-corrected chi connectivity index (χ2v) is 6.72. The number of carboxylic acid groups (broad SMARTS) is 1. The summed E-state index contributed by atoms with van der Waals surface area (Å²) in [5.41, 5.74) is 1.41. The molecular weight excluding hydrogens is 376 g/mol. The minimum Gasteiger partial charge on any atom is -0.478 e. The third kappa shape index (κ3) is 7.99. The SMILES string of the molecule is COCCOC(=O)c1ccc(C(=O)O)cc1.Cc1ccc(S(=O)(=O)O)cc1. The maximum Gasteiger partial charge on any atom is 0.338 e. The third-order valence-electron chi connectivity index (χ3n) is 3.21. The van der Waals surface area contributed by atoms with E-state index in [1.165, 1.54) is 43.5 Å². The molecule has 2 rings (SSSR count). The molecule has 0 radical (unpaired) electrons. The Morgan fingerprint density at radius 2 is 1.44 bits per heavy atom. The monoisotopic (exact) mass is 396 g/mol. The van der Waals surface area contributed by atoms with Crippen molar-refractivity contribution in [3.05, 3.63) is 65.2 Å². The lowest BCUT2D eigenvalue weighted by Crippen LogP contribution is -2.10. The van der Waals surface area contributed by atoms with Gasteiger partial charge in [-0.05, 0) is 43.3 Å². The molecular formula is C18H20O8S. The van der Waals surface area contributed by atoms with E-state index < -0.39 is 22.1 Å². The van der Waals surface area contributed by atoms with Gasteiger partial charge in [0.2, 0.25) is 0 Å². The van der Waals surface area contributed by atoms with Gasteiger partial charge in [-0.1, -0.05) is 17.7 Å². The smallest absolute Gasteiger partial charge is 0.338 e. The first-order valence-corrected chi connectivity index (χ1v) is 9.12. The van der Waals surface area contributed by atoms with Crippen LogP contribution in [0.15, 0.2) is 53.4 Å². The standard InChI is InChI=1S/C11H12O5.C7H8O3S/c1-15-6-7-16-11(14)9-4-2-8(3-5-9)10(12)13;1-6-2-4-7(5-3-6)11(8,9)10/h2-5H,6-7H2,1H3,(H,12,13);2-5H,1H3,(H,8,9,10). The van der Waals surface area contributed by atoms with Crippen molar-refractivity contribution in [2.24, 2.45) is 0 Å². The molecule has 0 unspecified atom stereocenters. The van der Waals surface area contributed by atoms with Crippen LogP contribution in [-0.4, -0.2) is 50.3 Å². The quantitative estimate of drug-likeness (QED) is 0.433. The Bertz CT molecular complexity index is 855. The molecule has 0 aliphatic rings. The van der Waals surface area contributed by atoms with E-state index in [0.717, 1.165) is 5.56 Å². The van der Waals surface area contributed by atoms with Crippen LogP contribution in [0.2, 0.25) is 0 Å². The Morgan fingerprint density at radius 1 is 0.926 bits per heavy atom. The predicted molar refractivity (Wildman–Crippen MR) is 96.6 cm³/mol. The molecule has 0 amide bonds. The van der Waals surface area contributed by atoms with E-state index in [1.807, 2.05) is 6.92 Å². The zero-order valence-corrected chi connectivity index (χ0v) is 15.6. The second kappa shape index (κ2) is 10.4. The van der Waals surface area contributed by atoms with Crippen molar-refractivity contribution >= 4 is 22.1 Å². The highest BCUT2D eigenvalue weighted by Crippen LogP contribution is 2.08. The summed E-state index contributed by atoms with van der Waals surface area (Å²) in [6, 6.07) is 11.5. The van der Waals surface area contributed by atoms with Gasteiger partial charge >= 0.3 is 11.9 Å². The number of carboxylic acids is 1. The van der Waals surface area contributed by atoms with E-state index in [1.54, 1.807) is 12.1 Å². The zero-order chi connectivity index (χ0) is 20.4. The van der Waals surface area contributed by atoms with Gasteiger partial charge in [0.25, 0.3) is 10.1 Å². The maximum absolute atomic E-state index is 11.4. The molecule has 8 nitrogen and oxygen atoms in total. The number of carbonyl (C=O) groups is 2. The summed E-state index contributed by atoms with van der Waals surface area (Å²) in [5.74, 6) is -1.52. The number of benzene rings is 2. The fraction of sp³-hybridized carbons (Fsp3) is 0.222. The van der Waals surface area contributed by atoms with Gasteiger partial charge in [0, 0.05) is 7.11 Å². The highest BCUT2D eigenvalue weighted by Gasteiger charge is 2.08. The van der Waals surface area contributed by atoms with Crippen LogP contribution in [-0.2, 0) is 19.6 Å². The minimum atomic E-state index is -4.02. The van der Waals surface area contributed by atoms with Crippen LogP contribution in [0.25, 0.3) is 0 Å². The lowest BCUT2D eigenvalue weighted by Gasteiger charge is -2.03. The lowest BCUT2D eigenvalue weighted by molar-refractivity contribution is 0.0387. The highest BCUT2D eigenvalue weighted by atomic mass is 32.2. The van der Waals surface area contributed by atoms with E-state index in [4.69, 9.17) is 19.1 Å². The molecule has 0 spiro atoms. The first-order chi connectivity index (χ1) is 12.6. The fourth-order valence-electron chi connectivity index (χ4n) is 1.76. The number of aromatic carboxylic acids is 1. The first kappa shape index (κ1) is 22.3. The van der Waals surface area contributed by atoms with Crippen LogP contribution in [0.4, 0.5) is 0 Å². The molecule has 0 aliphatic carbocycles. The number of hydrogen-bond donors (Lipinski definition) is 2. The number of ether oxygens (including phenoxy) is 2. The number of aryl methyl sites for hydroxylation is 1. The van der Waals surface area contributed by atoms with Gasteiger partial charge in [-0.3, -0.25) is 4.55 Å². The van der Waals surface area contributed by atoms with Gasteiger partial charge in [0.15, 0.2) is 0 Å². The summed E-state index contributed by atoms with van der Waals surface area (Å²) in [6.07, 6.45) is 0. The van der Waals surface area contributed by atoms with Crippen LogP contribution < -0.4 is 0 Å². The van der Waals surface area contributed by atoms with E-state index in [2.05, 4.69) is 0 Å². The van der Waals surface area contributed by atoms with Gasteiger partial charge in [-0.25, -0.2) is 9.59 Å². The van der Waals surface area contributed by atoms with Crippen LogP contribution in [0.5, 0.6) is 0 Å². The number of carbonyl (C=O) groups excluding carboxylic acids is 1. The van der Waals surface area contributed by atoms with Crippen molar-refractivity contribution in [1.29, 1.82) is 0 Å². The van der Waals surface area contributed by atoms with Gasteiger partial charge < -0.3 is 14.6 Å². The molecule has 0 atom stereocenters. The van der Waals surface area contributed by atoms with Crippen molar-refractivity contribution in [3.63, 3.8) is 0 Å². The lowest BCUT2D eigenvalue weighted by atomic mass is 10.1. The van der Waals surface area contributed by atoms with Crippen molar-refractivity contribution < 1.29 is 37.1 Å². The summed E-state index contributed by atoms with van der Waals surface area (Å²) < 4.78 is 39.1. The summed E-state index contributed by atoms with van der Waals surface area (Å²) in [6.45, 7) is 2.35. The van der Waals surface area contributed by atoms with E-state index >= 15 is 0 Å². The largest absolute Gasteiger partial charge is 0.478 e. The molecule has 9 heteroatoms. The van der Waals surface area contributed by atoms with Crippen LogP contribution >= 0.6 is 0 Å². The zero-order valence-electron chi connectivity index (χ0n) is 14.8. The van der Waals surface area contributed by atoms with Gasteiger partial charge in [-0.15, -0.1) is 0 Å². The second-order valence-electron chi connectivity index (χ2n) is 5.30. The number of methoxy groups -OCH3 is 1. The molecule has 0 bridgehead atoms. The fourth-order valence-corrected chi connectivity index (χ4v) is 2.24. The molecule has 0 heterocycles. The molecule has 0 saturated heterocycles. The summed E-state index contributed by atoms with van der Waals surface area (Å²) in [5, 5.41) is 8.65. The van der Waals surface area contributed by atoms with Crippen molar-refractivity contribution in [3.8, 4) is 0 Å². The first-order valence-electron chi connectivity index (χ1n) is 7.68. The Labute approximate surface area is 157 Å². The topological polar surface area (TPSA) is 127 Å². The average molecular weight is 396 g/mol. The minimum absolute atomic E-state index is 0.0666. The molecule has 0 aliphatic heterocycles. The molecule has 2 N–H and O–H groups in total. The third-order valence-corrected chi connectivity index (χ3v) is 4.07. The summed E-state index contributed by atoms with van der Waals surface area (Å²) in [7, 11) is -2.51. The highest BCUT2D eigenvalue weighted by molar-refractivity contribution is 7.85. The Balaban J connectivity index is 0.000000289. The van der Waals surface area contributed by atoms with Crippen LogP contribution in [0, 0.1) is 6.92 Å². The molecule has 146 valence electrons. The Morgan fingerprint density at radius 3 is 1.89 bits per heavy atom. The normalized spacial score (nSPS) is 10.5. The summed E-state index contributed by atoms with van der Waals surface area (Å²) in [4.78, 5) is 21.9. The van der Waals surface area contributed by atoms with Gasteiger partial charge in [0.05, 0.1) is 22.6 Å². The molecule has 27 heavy (non-hydrogen) atoms. The van der Waals surface area contributed by atoms with Crippen molar-refractivity contribution in [2.45, 2.75) is 11.8 Å². The number of esters is 1. The summed E-state index contributed by atoms with van der Waals surface area (Å²) >= 11 is 0. The Hall–Kier alpha value is -2.75. The number of hydrogen-bond acceptors (Lipinski definition) is 6. The van der Waals surface area contributed by atoms with Gasteiger partial charge in [-0.2, -0.15) is 8.42 Å². The molecule has 2 aromatic carbocycles. The van der Waals surface area contributed by atoms with Crippen molar-refractivity contribution in [2.75, 3.05) is 20.3 Å². The maximum atomic E-state index is 11.4. The average Bonchev–Trinajstić information content (AvgIpc) is 2.62. The van der Waals surface area contributed by atoms with E-state index in [-0.39, 0.29) is 17.1 Å². The molecule has 0 fully saturated rings. The van der Waals surface area contributed by atoms with E-state index in [0.29, 0.717) is 12.2 Å². The molecule has 0 saturated carbocycles. The predicted octanol–water partition coefficient (Wildman–Crippen LogP) is 2.43. The van der Waals surface area contributed by atoms with Gasteiger partial charge in [0.1, 0.15) is 6.61 Å². The Kier molecular flexibility index (Phi) is 8.60. The van der Waals surface area contributed by atoms with Crippen molar-refractivity contribution in [1.82, 2.24) is 0 Å².